The van der Waals surface area contributed by atoms with Crippen molar-refractivity contribution in [3.8, 4) is 0 Å². The highest BCUT2D eigenvalue weighted by Crippen LogP contribution is 2.14. The number of hydrogen-bond acceptors (Lipinski definition) is 2. The van der Waals surface area contributed by atoms with Crippen LogP contribution in [-0.4, -0.2) is 23.4 Å². The summed E-state index contributed by atoms with van der Waals surface area (Å²) >= 11 is 5.35. The van der Waals surface area contributed by atoms with Crippen LogP contribution in [0.4, 0.5) is 10.1 Å². The van der Waals surface area contributed by atoms with Gasteiger partial charge in [-0.1, -0.05) is 6.07 Å². The summed E-state index contributed by atoms with van der Waals surface area (Å²) in [5.41, 5.74) is 2.08. The minimum atomic E-state index is -0.241. The molecule has 2 heterocycles. The zero-order valence-electron chi connectivity index (χ0n) is 11.4. The number of nitrogens with zero attached hydrogens (tertiary/aromatic N) is 2. The van der Waals surface area contributed by atoms with Gasteiger partial charge < -0.3 is 5.32 Å². The number of thiocarbonyl (C=S) groups is 1. The van der Waals surface area contributed by atoms with E-state index >= 15 is 0 Å². The molecule has 0 saturated carbocycles. The molecule has 0 spiro atoms. The molecule has 0 bridgehead atoms. The largest absolute Gasteiger partial charge is 0.315 e. The molecule has 3 rings (SSSR count). The van der Waals surface area contributed by atoms with Crippen LogP contribution in [-0.2, 0) is 6.54 Å². The Hall–Kier alpha value is -2.05. The van der Waals surface area contributed by atoms with Crippen LogP contribution >= 0.6 is 12.2 Å². The third kappa shape index (κ3) is 3.34. The van der Waals surface area contributed by atoms with Gasteiger partial charge in [-0.3, -0.25) is 14.8 Å². The lowest BCUT2D eigenvalue weighted by molar-refractivity contribution is -0.916. The second-order valence-corrected chi connectivity index (χ2v) is 5.40. The van der Waals surface area contributed by atoms with Crippen molar-refractivity contribution in [2.75, 3.05) is 18.2 Å². The van der Waals surface area contributed by atoms with Gasteiger partial charge >= 0.3 is 0 Å². The quantitative estimate of drug-likeness (QED) is 0.826. The first-order chi connectivity index (χ1) is 10.2. The van der Waals surface area contributed by atoms with Crippen molar-refractivity contribution >= 4 is 23.0 Å². The Morgan fingerprint density at radius 1 is 1.29 bits per heavy atom. The fourth-order valence-electron chi connectivity index (χ4n) is 2.39. The summed E-state index contributed by atoms with van der Waals surface area (Å²) in [4.78, 5) is 7.45. The first kappa shape index (κ1) is 13.9. The van der Waals surface area contributed by atoms with Gasteiger partial charge in [-0.25, -0.2) is 4.39 Å². The lowest BCUT2D eigenvalue weighted by Gasteiger charge is -2.35. The zero-order valence-corrected chi connectivity index (χ0v) is 12.2. The Balaban J connectivity index is 1.72. The second kappa shape index (κ2) is 6.15. The molecule has 21 heavy (non-hydrogen) atoms. The summed E-state index contributed by atoms with van der Waals surface area (Å²) in [5.74, 6) is -0.241. The fraction of sp³-hybridized carbons (Fsp3) is 0.200. The number of rotatable bonds is 3. The molecule has 1 aromatic carbocycles. The van der Waals surface area contributed by atoms with E-state index in [0.29, 0.717) is 5.11 Å². The molecule has 1 aromatic heterocycles. The van der Waals surface area contributed by atoms with Gasteiger partial charge in [0.05, 0.1) is 0 Å². The zero-order chi connectivity index (χ0) is 14.7. The molecule has 1 saturated heterocycles. The monoisotopic (exact) mass is 303 g/mol. The van der Waals surface area contributed by atoms with E-state index in [9.17, 15) is 4.39 Å². The van der Waals surface area contributed by atoms with Gasteiger partial charge in [0.2, 0.25) is 0 Å². The minimum absolute atomic E-state index is 0.241. The van der Waals surface area contributed by atoms with E-state index in [-0.39, 0.29) is 5.82 Å². The summed E-state index contributed by atoms with van der Waals surface area (Å²) in [7, 11) is 0. The van der Waals surface area contributed by atoms with Crippen LogP contribution < -0.4 is 15.1 Å². The number of nitrogens with one attached hydrogen (secondary N) is 2. The molecule has 4 nitrogen and oxygen atoms in total. The van der Waals surface area contributed by atoms with Crippen molar-refractivity contribution in [1.82, 2.24) is 10.3 Å². The maximum absolute atomic E-state index is 13.0. The number of benzene rings is 1. The molecule has 6 heteroatoms. The van der Waals surface area contributed by atoms with Gasteiger partial charge in [-0.2, -0.15) is 0 Å². The molecule has 0 radical (unpaired) electrons. The maximum atomic E-state index is 13.0. The highest BCUT2D eigenvalue weighted by molar-refractivity contribution is 7.80. The van der Waals surface area contributed by atoms with E-state index in [2.05, 4.69) is 16.4 Å². The topological polar surface area (TPSA) is 32.6 Å². The molecule has 1 fully saturated rings. The number of anilines is 1. The second-order valence-electron chi connectivity index (χ2n) is 5.01. The lowest BCUT2D eigenvalue weighted by Crippen LogP contribution is -3.16. The molecule has 1 aliphatic heterocycles. The lowest BCUT2D eigenvalue weighted by atomic mass is 10.2. The van der Waals surface area contributed by atoms with Crippen LogP contribution in [0, 0.1) is 5.82 Å². The van der Waals surface area contributed by atoms with E-state index < -0.39 is 0 Å². The Bertz CT molecular complexity index is 617. The van der Waals surface area contributed by atoms with Crippen LogP contribution in [0.15, 0.2) is 48.8 Å². The van der Waals surface area contributed by atoms with Gasteiger partial charge in [0, 0.05) is 23.6 Å². The van der Waals surface area contributed by atoms with Crippen LogP contribution in [0.5, 0.6) is 0 Å². The highest BCUT2D eigenvalue weighted by atomic mass is 32.1. The molecule has 0 aliphatic carbocycles. The normalized spacial score (nSPS) is 18.4. The average molecular weight is 303 g/mol. The molecule has 1 aliphatic rings. The molecule has 2 aromatic rings. The predicted octanol–water partition coefficient (Wildman–Crippen LogP) is 0.915. The van der Waals surface area contributed by atoms with E-state index in [4.69, 9.17) is 12.2 Å². The number of hydrogen-bond donors (Lipinski definition) is 2. The van der Waals surface area contributed by atoms with Gasteiger partial charge in [0.1, 0.15) is 12.4 Å². The van der Waals surface area contributed by atoms with Crippen LogP contribution in [0.25, 0.3) is 0 Å². The summed E-state index contributed by atoms with van der Waals surface area (Å²) in [6.07, 6.45) is 3.65. The molecular formula is C15H16FN4S+. The van der Waals surface area contributed by atoms with Crippen molar-refractivity contribution in [3.05, 3.63) is 60.2 Å². The Labute approximate surface area is 128 Å². The van der Waals surface area contributed by atoms with E-state index in [0.717, 1.165) is 25.6 Å². The molecular weight excluding hydrogens is 287 g/mol. The molecule has 108 valence electrons. The van der Waals surface area contributed by atoms with E-state index in [1.165, 1.54) is 22.6 Å². The molecule has 1 atom stereocenters. The highest BCUT2D eigenvalue weighted by Gasteiger charge is 2.24. The Kier molecular flexibility index (Phi) is 4.08. The van der Waals surface area contributed by atoms with Crippen molar-refractivity contribution in [3.63, 3.8) is 0 Å². The number of pyridine rings is 1. The summed E-state index contributed by atoms with van der Waals surface area (Å²) < 4.78 is 13.0. The van der Waals surface area contributed by atoms with Crippen molar-refractivity contribution in [2.45, 2.75) is 6.54 Å². The van der Waals surface area contributed by atoms with Gasteiger partial charge in [-0.15, -0.1) is 0 Å². The summed E-state index contributed by atoms with van der Waals surface area (Å²) in [6.45, 7) is 2.37. The number of halogens is 1. The first-order valence-corrected chi connectivity index (χ1v) is 7.16. The van der Waals surface area contributed by atoms with E-state index in [1.54, 1.807) is 18.3 Å². The number of aromatic nitrogens is 1. The Morgan fingerprint density at radius 2 is 2.10 bits per heavy atom. The van der Waals surface area contributed by atoms with Crippen LogP contribution in [0.2, 0.25) is 0 Å². The third-order valence-corrected chi connectivity index (χ3v) is 3.80. The average Bonchev–Trinajstić information content (AvgIpc) is 2.51. The van der Waals surface area contributed by atoms with Crippen LogP contribution in [0.3, 0.4) is 0 Å². The maximum Gasteiger partial charge on any atom is 0.182 e. The van der Waals surface area contributed by atoms with Crippen LogP contribution in [0.1, 0.15) is 5.56 Å². The molecule has 0 amide bonds. The van der Waals surface area contributed by atoms with Crippen molar-refractivity contribution < 1.29 is 9.29 Å². The predicted molar refractivity (Wildman–Crippen MR) is 83.3 cm³/mol. The third-order valence-electron chi connectivity index (χ3n) is 3.43. The molecule has 2 N–H and O–H groups in total. The van der Waals surface area contributed by atoms with Gasteiger partial charge in [0.25, 0.3) is 0 Å². The van der Waals surface area contributed by atoms with E-state index in [1.807, 2.05) is 17.2 Å². The molecule has 1 unspecified atom stereocenters. The van der Waals surface area contributed by atoms with Gasteiger partial charge in [-0.05, 0) is 42.5 Å². The minimum Gasteiger partial charge on any atom is -0.315 e. The number of quaternary nitrogens is 1. The van der Waals surface area contributed by atoms with Gasteiger partial charge in [0.15, 0.2) is 18.4 Å². The standard InChI is InChI=1S/C15H15FN4S/c16-13-3-5-14(6-4-13)20-11-19(10-18-15(20)21)9-12-2-1-7-17-8-12/h1-8H,9-11H2,(H,18,21)/p+1. The van der Waals surface area contributed by atoms with Crippen molar-refractivity contribution in [1.29, 1.82) is 0 Å². The smallest absolute Gasteiger partial charge is 0.182 e. The summed E-state index contributed by atoms with van der Waals surface area (Å²) in [6, 6.07) is 10.4. The Morgan fingerprint density at radius 3 is 2.81 bits per heavy atom. The fourth-order valence-corrected chi connectivity index (χ4v) is 2.63. The van der Waals surface area contributed by atoms with Crippen molar-refractivity contribution in [2.24, 2.45) is 0 Å². The summed E-state index contributed by atoms with van der Waals surface area (Å²) in [5, 5.41) is 3.90. The SMILES string of the molecule is Fc1ccc(N2C[NH+](Cc3cccnc3)CNC2=S)cc1. The first-order valence-electron chi connectivity index (χ1n) is 6.76.